The molecule has 2 rings (SSSR count). The van der Waals surface area contributed by atoms with Crippen molar-refractivity contribution in [2.24, 2.45) is 5.92 Å². The van der Waals surface area contributed by atoms with E-state index in [-0.39, 0.29) is 5.91 Å². The fourth-order valence-electron chi connectivity index (χ4n) is 1.73. The summed E-state index contributed by atoms with van der Waals surface area (Å²) >= 11 is 5.79. The molecule has 0 bridgehead atoms. The molecule has 0 aliphatic heterocycles. The zero-order valence-electron chi connectivity index (χ0n) is 11.5. The topological polar surface area (TPSA) is 38.3 Å². The molecule has 1 N–H and O–H groups in total. The Kier molecular flexibility index (Phi) is 6.09. The molecule has 20 heavy (non-hydrogen) atoms. The van der Waals surface area contributed by atoms with E-state index >= 15 is 0 Å². The van der Waals surface area contributed by atoms with Gasteiger partial charge in [0.1, 0.15) is 0 Å². The van der Waals surface area contributed by atoms with Gasteiger partial charge < -0.3 is 10.1 Å². The highest BCUT2D eigenvalue weighted by molar-refractivity contribution is 6.30. The van der Waals surface area contributed by atoms with Gasteiger partial charge in [0.2, 0.25) is 5.91 Å². The summed E-state index contributed by atoms with van der Waals surface area (Å²) in [4.78, 5) is 11.6. The molecule has 1 saturated carbocycles. The lowest BCUT2D eigenvalue weighted by Crippen LogP contribution is -2.23. The Bertz CT molecular complexity index is 452. The molecule has 4 heteroatoms. The van der Waals surface area contributed by atoms with Gasteiger partial charge in [0.25, 0.3) is 0 Å². The molecule has 1 aromatic rings. The molecule has 1 aliphatic rings. The van der Waals surface area contributed by atoms with Crippen LogP contribution in [0.4, 0.5) is 0 Å². The number of hydrogen-bond donors (Lipinski definition) is 1. The Morgan fingerprint density at radius 2 is 2.10 bits per heavy atom. The van der Waals surface area contributed by atoms with Gasteiger partial charge in [-0.1, -0.05) is 23.7 Å². The van der Waals surface area contributed by atoms with E-state index in [9.17, 15) is 4.79 Å². The zero-order chi connectivity index (χ0) is 14.2. The molecule has 0 atom stereocenters. The first-order valence-electron chi connectivity index (χ1n) is 7.03. The number of carbonyl (C=O) groups is 1. The van der Waals surface area contributed by atoms with E-state index in [4.69, 9.17) is 16.3 Å². The van der Waals surface area contributed by atoms with E-state index in [0.717, 1.165) is 31.1 Å². The molecule has 0 saturated heterocycles. The number of ether oxygens (including phenoxy) is 1. The highest BCUT2D eigenvalue weighted by Gasteiger charge is 2.20. The van der Waals surface area contributed by atoms with Crippen LogP contribution in [-0.4, -0.2) is 25.7 Å². The number of rotatable bonds is 8. The van der Waals surface area contributed by atoms with Crippen LogP contribution in [0.25, 0.3) is 6.08 Å². The quantitative estimate of drug-likeness (QED) is 0.590. The van der Waals surface area contributed by atoms with Crippen molar-refractivity contribution in [3.8, 4) is 0 Å². The van der Waals surface area contributed by atoms with E-state index < -0.39 is 0 Å². The fourth-order valence-corrected chi connectivity index (χ4v) is 1.85. The number of nitrogens with one attached hydrogen (secondary N) is 1. The smallest absolute Gasteiger partial charge is 0.244 e. The van der Waals surface area contributed by atoms with E-state index in [1.807, 2.05) is 12.1 Å². The Labute approximate surface area is 125 Å². The van der Waals surface area contributed by atoms with E-state index in [2.05, 4.69) is 5.32 Å². The van der Waals surface area contributed by atoms with Crippen molar-refractivity contribution in [3.63, 3.8) is 0 Å². The van der Waals surface area contributed by atoms with Crippen molar-refractivity contribution in [1.29, 1.82) is 0 Å². The molecular formula is C16H20ClNO2. The van der Waals surface area contributed by atoms with Gasteiger partial charge in [0, 0.05) is 30.9 Å². The first-order chi connectivity index (χ1) is 9.74. The van der Waals surface area contributed by atoms with Crippen LogP contribution >= 0.6 is 11.6 Å². The first kappa shape index (κ1) is 15.1. The van der Waals surface area contributed by atoms with Crippen LogP contribution in [0.15, 0.2) is 30.3 Å². The minimum Gasteiger partial charge on any atom is -0.381 e. The summed E-state index contributed by atoms with van der Waals surface area (Å²) in [6.45, 7) is 2.25. The van der Waals surface area contributed by atoms with Crippen LogP contribution in [0.5, 0.6) is 0 Å². The van der Waals surface area contributed by atoms with Gasteiger partial charge in [0.15, 0.2) is 0 Å². The highest BCUT2D eigenvalue weighted by Crippen LogP contribution is 2.28. The molecule has 1 fully saturated rings. The van der Waals surface area contributed by atoms with Gasteiger partial charge >= 0.3 is 0 Å². The second-order valence-corrected chi connectivity index (χ2v) is 5.48. The normalized spacial score (nSPS) is 14.7. The fraction of sp³-hybridized carbons (Fsp3) is 0.438. The second-order valence-electron chi connectivity index (χ2n) is 5.05. The van der Waals surface area contributed by atoms with Crippen molar-refractivity contribution < 1.29 is 9.53 Å². The summed E-state index contributed by atoms with van der Waals surface area (Å²) in [7, 11) is 0. The Balaban J connectivity index is 1.55. The lowest BCUT2D eigenvalue weighted by Gasteiger charge is -2.03. The molecule has 0 radical (unpaired) electrons. The van der Waals surface area contributed by atoms with Crippen molar-refractivity contribution in [3.05, 3.63) is 40.9 Å². The van der Waals surface area contributed by atoms with E-state index in [1.54, 1.807) is 18.2 Å². The maximum Gasteiger partial charge on any atom is 0.244 e. The molecule has 0 heterocycles. The average Bonchev–Trinajstić information content (AvgIpc) is 3.26. The van der Waals surface area contributed by atoms with Gasteiger partial charge in [-0.3, -0.25) is 4.79 Å². The SMILES string of the molecule is O=C(/C=C/c1ccc(Cl)cc1)NCCCOCC1CC1. The molecule has 1 amide bonds. The van der Waals surface area contributed by atoms with Crippen LogP contribution < -0.4 is 5.32 Å². The third-order valence-corrected chi connectivity index (χ3v) is 3.36. The molecule has 0 aromatic heterocycles. The summed E-state index contributed by atoms with van der Waals surface area (Å²) in [6.07, 6.45) is 6.79. The van der Waals surface area contributed by atoms with Crippen LogP contribution in [-0.2, 0) is 9.53 Å². The van der Waals surface area contributed by atoms with Crippen LogP contribution in [0, 0.1) is 5.92 Å². The minimum atomic E-state index is -0.0813. The molecular weight excluding hydrogens is 274 g/mol. The van der Waals surface area contributed by atoms with E-state index in [0.29, 0.717) is 11.6 Å². The molecule has 1 aliphatic carbocycles. The largest absolute Gasteiger partial charge is 0.381 e. The van der Waals surface area contributed by atoms with Gasteiger partial charge in [-0.05, 0) is 49.0 Å². The summed E-state index contributed by atoms with van der Waals surface area (Å²) in [6, 6.07) is 7.35. The minimum absolute atomic E-state index is 0.0813. The van der Waals surface area contributed by atoms with Crippen molar-refractivity contribution in [1.82, 2.24) is 5.32 Å². The van der Waals surface area contributed by atoms with Gasteiger partial charge in [0.05, 0.1) is 0 Å². The van der Waals surface area contributed by atoms with Crippen LogP contribution in [0.2, 0.25) is 5.02 Å². The summed E-state index contributed by atoms with van der Waals surface area (Å²) in [5.74, 6) is 0.717. The maximum atomic E-state index is 11.6. The predicted octanol–water partition coefficient (Wildman–Crippen LogP) is 3.29. The number of hydrogen-bond acceptors (Lipinski definition) is 2. The summed E-state index contributed by atoms with van der Waals surface area (Å²) in [5, 5.41) is 3.53. The summed E-state index contributed by atoms with van der Waals surface area (Å²) in [5.41, 5.74) is 0.956. The standard InChI is InChI=1S/C16H20ClNO2/c17-15-7-4-13(5-8-15)6-9-16(19)18-10-1-11-20-12-14-2-3-14/h4-9,14H,1-3,10-12H2,(H,18,19)/b9-6+. The van der Waals surface area contributed by atoms with E-state index in [1.165, 1.54) is 18.9 Å². The molecule has 0 spiro atoms. The maximum absolute atomic E-state index is 11.6. The molecule has 108 valence electrons. The van der Waals surface area contributed by atoms with Gasteiger partial charge in [-0.25, -0.2) is 0 Å². The lowest BCUT2D eigenvalue weighted by molar-refractivity contribution is -0.116. The second kappa shape index (κ2) is 8.08. The highest BCUT2D eigenvalue weighted by atomic mass is 35.5. The van der Waals surface area contributed by atoms with Crippen LogP contribution in [0.3, 0.4) is 0 Å². The van der Waals surface area contributed by atoms with Gasteiger partial charge in [-0.2, -0.15) is 0 Å². The Hall–Kier alpha value is -1.32. The number of amides is 1. The molecule has 3 nitrogen and oxygen atoms in total. The monoisotopic (exact) mass is 293 g/mol. The number of carbonyl (C=O) groups excluding carboxylic acids is 1. The predicted molar refractivity (Wildman–Crippen MR) is 81.7 cm³/mol. The van der Waals surface area contributed by atoms with Crippen molar-refractivity contribution in [2.45, 2.75) is 19.3 Å². The zero-order valence-corrected chi connectivity index (χ0v) is 12.2. The molecule has 0 unspecified atom stereocenters. The lowest BCUT2D eigenvalue weighted by atomic mass is 10.2. The number of benzene rings is 1. The van der Waals surface area contributed by atoms with Crippen molar-refractivity contribution >= 4 is 23.6 Å². The summed E-state index contributed by atoms with van der Waals surface area (Å²) < 4.78 is 5.50. The van der Waals surface area contributed by atoms with Crippen molar-refractivity contribution in [2.75, 3.05) is 19.8 Å². The third-order valence-electron chi connectivity index (χ3n) is 3.11. The molecule has 1 aromatic carbocycles. The van der Waals surface area contributed by atoms with Crippen LogP contribution in [0.1, 0.15) is 24.8 Å². The van der Waals surface area contributed by atoms with Gasteiger partial charge in [-0.15, -0.1) is 0 Å². The third kappa shape index (κ3) is 6.22. The first-order valence-corrected chi connectivity index (χ1v) is 7.41. The Morgan fingerprint density at radius 3 is 2.80 bits per heavy atom. The Morgan fingerprint density at radius 1 is 1.35 bits per heavy atom. The number of halogens is 1. The average molecular weight is 294 g/mol.